The van der Waals surface area contributed by atoms with Gasteiger partial charge in [0.2, 0.25) is 0 Å². The lowest BCUT2D eigenvalue weighted by Gasteiger charge is -2.33. The van der Waals surface area contributed by atoms with Gasteiger partial charge in [-0.05, 0) is 49.4 Å². The van der Waals surface area contributed by atoms with Crippen molar-refractivity contribution in [2.45, 2.75) is 70.3 Å². The zero-order chi connectivity index (χ0) is 18.4. The fraction of sp³-hybridized carbons (Fsp3) is 0.714. The number of nitrogens with zero attached hydrogens (tertiary/aromatic N) is 1. The van der Waals surface area contributed by atoms with Crippen molar-refractivity contribution in [1.29, 1.82) is 0 Å². The zero-order valence-electron chi connectivity index (χ0n) is 15.4. The van der Waals surface area contributed by atoms with Crippen LogP contribution in [0.4, 0.5) is 13.2 Å². The Morgan fingerprint density at radius 3 is 2.42 bits per heavy atom. The lowest BCUT2D eigenvalue weighted by Crippen LogP contribution is -2.38. The maximum absolute atomic E-state index is 12.8. The quantitative estimate of drug-likeness (QED) is 0.642. The minimum absolute atomic E-state index is 0.162. The Kier molecular flexibility index (Phi) is 6.98. The van der Waals surface area contributed by atoms with Crippen LogP contribution in [0.1, 0.15) is 62.5 Å². The average molecular weight is 369 g/mol. The predicted molar refractivity (Wildman–Crippen MR) is 96.9 cm³/mol. The smallest absolute Gasteiger partial charge is 0.373 e. The van der Waals surface area contributed by atoms with Gasteiger partial charge in [0.1, 0.15) is 0 Å². The van der Waals surface area contributed by atoms with Gasteiger partial charge in [0.25, 0.3) is 0 Å². The van der Waals surface area contributed by atoms with Crippen LogP contribution < -0.4 is 0 Å². The maximum Gasteiger partial charge on any atom is 0.416 e. The molecule has 26 heavy (non-hydrogen) atoms. The summed E-state index contributed by atoms with van der Waals surface area (Å²) in [6.45, 7) is 3.53. The van der Waals surface area contributed by atoms with Crippen molar-refractivity contribution in [3.05, 3.63) is 35.4 Å². The van der Waals surface area contributed by atoms with Crippen LogP contribution in [0.3, 0.4) is 0 Å². The van der Waals surface area contributed by atoms with Crippen LogP contribution in [-0.2, 0) is 17.5 Å². The molecule has 1 aliphatic carbocycles. The molecule has 0 atom stereocenters. The molecular formula is C21H30F3NO. The predicted octanol–water partition coefficient (Wildman–Crippen LogP) is 5.66. The molecule has 1 aromatic carbocycles. The summed E-state index contributed by atoms with van der Waals surface area (Å²) in [5, 5.41) is 0. The minimum Gasteiger partial charge on any atom is -0.373 e. The SMILES string of the molecule is FC(F)(F)c1cccc(COC2CCN(CCC3CCCCC3)CC2)c1. The normalized spacial score (nSPS) is 21.2. The van der Waals surface area contributed by atoms with Crippen molar-refractivity contribution in [2.75, 3.05) is 19.6 Å². The topological polar surface area (TPSA) is 12.5 Å². The molecule has 2 fully saturated rings. The Bertz CT molecular complexity index is 546. The van der Waals surface area contributed by atoms with Crippen molar-refractivity contribution in [3.63, 3.8) is 0 Å². The molecule has 0 N–H and O–H groups in total. The first-order valence-corrected chi connectivity index (χ1v) is 10.0. The second kappa shape index (κ2) is 9.23. The second-order valence-electron chi connectivity index (χ2n) is 7.84. The van der Waals surface area contributed by atoms with E-state index in [2.05, 4.69) is 4.90 Å². The Balaban J connectivity index is 1.36. The summed E-state index contributed by atoms with van der Waals surface area (Å²) in [5.41, 5.74) is -0.00400. The molecule has 2 aliphatic rings. The van der Waals surface area contributed by atoms with E-state index < -0.39 is 11.7 Å². The highest BCUT2D eigenvalue weighted by Gasteiger charge is 2.30. The molecule has 146 valence electrons. The number of halogens is 3. The van der Waals surface area contributed by atoms with Crippen LogP contribution in [0.5, 0.6) is 0 Å². The molecule has 1 aliphatic heterocycles. The fourth-order valence-electron chi connectivity index (χ4n) is 4.19. The molecule has 3 rings (SSSR count). The van der Waals surface area contributed by atoms with Crippen LogP contribution in [0.25, 0.3) is 0 Å². The third-order valence-corrected chi connectivity index (χ3v) is 5.85. The van der Waals surface area contributed by atoms with Crippen molar-refractivity contribution in [3.8, 4) is 0 Å². The first kappa shape index (κ1) is 19.7. The van der Waals surface area contributed by atoms with E-state index in [1.807, 2.05) is 0 Å². The molecule has 2 nitrogen and oxygen atoms in total. The first-order valence-electron chi connectivity index (χ1n) is 10.0. The number of likely N-dealkylation sites (tertiary alicyclic amines) is 1. The molecule has 0 aromatic heterocycles. The fourth-order valence-corrected chi connectivity index (χ4v) is 4.19. The van der Waals surface area contributed by atoms with E-state index >= 15 is 0 Å². The summed E-state index contributed by atoms with van der Waals surface area (Å²) in [6.07, 6.45) is 6.14. The van der Waals surface area contributed by atoms with Gasteiger partial charge in [-0.25, -0.2) is 0 Å². The molecule has 1 aromatic rings. The largest absolute Gasteiger partial charge is 0.416 e. The van der Waals surface area contributed by atoms with E-state index in [0.29, 0.717) is 5.56 Å². The number of alkyl halides is 3. The summed E-state index contributed by atoms with van der Waals surface area (Å²) in [6, 6.07) is 5.46. The Morgan fingerprint density at radius 2 is 1.73 bits per heavy atom. The van der Waals surface area contributed by atoms with Gasteiger partial charge in [0.05, 0.1) is 18.3 Å². The van der Waals surface area contributed by atoms with Gasteiger partial charge in [-0.15, -0.1) is 0 Å². The zero-order valence-corrected chi connectivity index (χ0v) is 15.4. The Hall–Kier alpha value is -1.07. The van der Waals surface area contributed by atoms with Crippen LogP contribution in [-0.4, -0.2) is 30.6 Å². The van der Waals surface area contributed by atoms with E-state index in [1.54, 1.807) is 6.07 Å². The number of hydrogen-bond donors (Lipinski definition) is 0. The third kappa shape index (κ3) is 5.98. The highest BCUT2D eigenvalue weighted by Crippen LogP contribution is 2.30. The highest BCUT2D eigenvalue weighted by molar-refractivity contribution is 5.25. The lowest BCUT2D eigenvalue weighted by molar-refractivity contribution is -0.137. The van der Waals surface area contributed by atoms with Crippen molar-refractivity contribution in [2.24, 2.45) is 5.92 Å². The lowest BCUT2D eigenvalue weighted by atomic mass is 9.87. The number of rotatable bonds is 6. The summed E-state index contributed by atoms with van der Waals surface area (Å²) < 4.78 is 44.2. The molecule has 0 amide bonds. The monoisotopic (exact) mass is 369 g/mol. The van der Waals surface area contributed by atoms with E-state index in [4.69, 9.17) is 4.74 Å². The first-order chi connectivity index (χ1) is 12.5. The molecule has 1 heterocycles. The molecule has 0 spiro atoms. The summed E-state index contributed by atoms with van der Waals surface area (Å²) in [5.74, 6) is 0.915. The second-order valence-corrected chi connectivity index (χ2v) is 7.84. The van der Waals surface area contributed by atoms with E-state index in [-0.39, 0.29) is 12.7 Å². The van der Waals surface area contributed by atoms with Crippen LogP contribution in [0.15, 0.2) is 24.3 Å². The molecule has 1 saturated carbocycles. The summed E-state index contributed by atoms with van der Waals surface area (Å²) in [7, 11) is 0. The van der Waals surface area contributed by atoms with E-state index in [9.17, 15) is 13.2 Å². The van der Waals surface area contributed by atoms with Crippen molar-refractivity contribution >= 4 is 0 Å². The van der Waals surface area contributed by atoms with Gasteiger partial charge in [-0.2, -0.15) is 13.2 Å². The third-order valence-electron chi connectivity index (χ3n) is 5.85. The van der Waals surface area contributed by atoms with Gasteiger partial charge in [-0.3, -0.25) is 0 Å². The van der Waals surface area contributed by atoms with Gasteiger partial charge in [0.15, 0.2) is 0 Å². The highest BCUT2D eigenvalue weighted by atomic mass is 19.4. The average Bonchev–Trinajstić information content (AvgIpc) is 2.66. The molecular weight excluding hydrogens is 339 g/mol. The number of ether oxygens (including phenoxy) is 1. The molecule has 0 radical (unpaired) electrons. The van der Waals surface area contributed by atoms with E-state index in [0.717, 1.165) is 37.9 Å². The Morgan fingerprint density at radius 1 is 1.00 bits per heavy atom. The van der Waals surface area contributed by atoms with E-state index in [1.165, 1.54) is 57.2 Å². The summed E-state index contributed by atoms with van der Waals surface area (Å²) >= 11 is 0. The van der Waals surface area contributed by atoms with Crippen LogP contribution in [0.2, 0.25) is 0 Å². The van der Waals surface area contributed by atoms with Crippen LogP contribution >= 0.6 is 0 Å². The summed E-state index contributed by atoms with van der Waals surface area (Å²) in [4.78, 5) is 2.53. The number of benzene rings is 1. The van der Waals surface area contributed by atoms with Crippen LogP contribution in [0, 0.1) is 5.92 Å². The maximum atomic E-state index is 12.8. The van der Waals surface area contributed by atoms with Gasteiger partial charge < -0.3 is 9.64 Å². The van der Waals surface area contributed by atoms with Gasteiger partial charge >= 0.3 is 6.18 Å². The molecule has 5 heteroatoms. The van der Waals surface area contributed by atoms with Gasteiger partial charge in [-0.1, -0.05) is 44.2 Å². The van der Waals surface area contributed by atoms with Crippen molar-refractivity contribution in [1.82, 2.24) is 4.90 Å². The number of hydrogen-bond acceptors (Lipinski definition) is 2. The number of piperidine rings is 1. The van der Waals surface area contributed by atoms with Crippen molar-refractivity contribution < 1.29 is 17.9 Å². The minimum atomic E-state index is -4.29. The standard InChI is InChI=1S/C21H30F3NO/c22-21(23,24)19-8-4-7-18(15-19)16-26-20-10-13-25(14-11-20)12-9-17-5-2-1-3-6-17/h4,7-8,15,17,20H,1-3,5-6,9-14,16H2. The Labute approximate surface area is 154 Å². The van der Waals surface area contributed by atoms with Gasteiger partial charge in [0, 0.05) is 13.1 Å². The molecule has 0 unspecified atom stereocenters. The molecule has 1 saturated heterocycles. The molecule has 0 bridgehead atoms.